The maximum absolute atomic E-state index is 14.0. The average molecular weight is 410 g/mol. The van der Waals surface area contributed by atoms with Gasteiger partial charge in [-0.25, -0.2) is 19.0 Å². The predicted octanol–water partition coefficient (Wildman–Crippen LogP) is 1.17. The maximum atomic E-state index is 14.0. The number of aryl methyl sites for hydroxylation is 1. The van der Waals surface area contributed by atoms with Crippen molar-refractivity contribution >= 4 is 28.6 Å². The Balaban J connectivity index is 1.20. The number of para-hydroxylation sites is 1. The van der Waals surface area contributed by atoms with Gasteiger partial charge in [0.05, 0.1) is 11.6 Å². The smallest absolute Gasteiger partial charge is 0.229 e. The Morgan fingerprint density at radius 1 is 1.10 bits per heavy atom. The summed E-state index contributed by atoms with van der Waals surface area (Å²) in [5.74, 6) is 0.606. The first-order valence-electron chi connectivity index (χ1n) is 10.2. The van der Waals surface area contributed by atoms with E-state index in [2.05, 4.69) is 25.2 Å². The molecule has 4 heterocycles. The third kappa shape index (κ3) is 3.12. The van der Waals surface area contributed by atoms with E-state index in [1.807, 2.05) is 22.8 Å². The van der Waals surface area contributed by atoms with Crippen molar-refractivity contribution in [2.24, 2.45) is 5.92 Å². The van der Waals surface area contributed by atoms with Crippen LogP contribution in [-0.2, 0) is 11.3 Å². The van der Waals surface area contributed by atoms with Crippen LogP contribution in [0.25, 0.3) is 11.2 Å². The van der Waals surface area contributed by atoms with E-state index in [1.165, 1.54) is 12.4 Å². The van der Waals surface area contributed by atoms with Gasteiger partial charge in [0.25, 0.3) is 0 Å². The molecule has 2 aliphatic heterocycles. The Kier molecular flexibility index (Phi) is 4.68. The van der Waals surface area contributed by atoms with Crippen molar-refractivity contribution in [1.29, 1.82) is 0 Å². The summed E-state index contributed by atoms with van der Waals surface area (Å²) in [7, 11) is 0. The molecule has 0 radical (unpaired) electrons. The molecule has 2 fully saturated rings. The van der Waals surface area contributed by atoms with Crippen molar-refractivity contribution in [2.45, 2.75) is 13.5 Å². The molecule has 0 saturated carbocycles. The Morgan fingerprint density at radius 3 is 2.60 bits per heavy atom. The Bertz CT molecular complexity index is 1070. The fourth-order valence-corrected chi connectivity index (χ4v) is 4.17. The van der Waals surface area contributed by atoms with Crippen LogP contribution in [0.1, 0.15) is 6.92 Å². The number of hydrogen-bond acceptors (Lipinski definition) is 7. The number of aromatic nitrogens is 5. The average Bonchev–Trinajstić information content (AvgIpc) is 3.17. The fourth-order valence-electron chi connectivity index (χ4n) is 4.17. The number of anilines is 2. The molecular formula is C20H23FN8O. The molecular weight excluding hydrogens is 387 g/mol. The number of fused-ring (bicyclic) bond motifs is 1. The third-order valence-electron chi connectivity index (χ3n) is 5.90. The summed E-state index contributed by atoms with van der Waals surface area (Å²) in [4.78, 5) is 27.5. The first-order chi connectivity index (χ1) is 14.7. The Morgan fingerprint density at radius 2 is 1.87 bits per heavy atom. The van der Waals surface area contributed by atoms with E-state index in [0.29, 0.717) is 62.7 Å². The lowest BCUT2D eigenvalue weighted by Crippen LogP contribution is -2.58. The molecule has 5 rings (SSSR count). The monoisotopic (exact) mass is 410 g/mol. The van der Waals surface area contributed by atoms with Crippen LogP contribution in [0, 0.1) is 11.7 Å². The van der Waals surface area contributed by atoms with Crippen LogP contribution in [0.2, 0.25) is 0 Å². The molecule has 2 aliphatic rings. The number of piperazine rings is 1. The van der Waals surface area contributed by atoms with Crippen LogP contribution in [0.5, 0.6) is 0 Å². The van der Waals surface area contributed by atoms with Crippen LogP contribution < -0.4 is 9.80 Å². The molecule has 1 amide bonds. The molecule has 2 saturated heterocycles. The molecule has 2 aromatic heterocycles. The zero-order chi connectivity index (χ0) is 20.7. The third-order valence-corrected chi connectivity index (χ3v) is 5.90. The molecule has 0 spiro atoms. The molecule has 0 unspecified atom stereocenters. The molecule has 0 atom stereocenters. The van der Waals surface area contributed by atoms with Gasteiger partial charge in [-0.05, 0) is 19.1 Å². The van der Waals surface area contributed by atoms with E-state index >= 15 is 0 Å². The SMILES string of the molecule is CCn1nnc2c(N3CC(C(=O)N4CCN(c5ccccc5F)CC4)C3)ncnc21. The molecule has 0 bridgehead atoms. The maximum Gasteiger partial charge on any atom is 0.229 e. The van der Waals surface area contributed by atoms with Crippen LogP contribution in [-0.4, -0.2) is 75.0 Å². The summed E-state index contributed by atoms with van der Waals surface area (Å²) >= 11 is 0. The highest BCUT2D eigenvalue weighted by Gasteiger charge is 2.38. The topological polar surface area (TPSA) is 83.3 Å². The van der Waals surface area contributed by atoms with Crippen molar-refractivity contribution < 1.29 is 9.18 Å². The van der Waals surface area contributed by atoms with Gasteiger partial charge in [-0.15, -0.1) is 5.10 Å². The van der Waals surface area contributed by atoms with Gasteiger partial charge in [0, 0.05) is 45.8 Å². The first-order valence-corrected chi connectivity index (χ1v) is 10.2. The largest absolute Gasteiger partial charge is 0.366 e. The van der Waals surface area contributed by atoms with Gasteiger partial charge in [-0.2, -0.15) is 0 Å². The van der Waals surface area contributed by atoms with Crippen LogP contribution in [0.15, 0.2) is 30.6 Å². The quantitative estimate of drug-likeness (QED) is 0.638. The van der Waals surface area contributed by atoms with E-state index in [-0.39, 0.29) is 17.6 Å². The highest BCUT2D eigenvalue weighted by molar-refractivity contribution is 5.86. The Labute approximate surface area is 173 Å². The second kappa shape index (κ2) is 7.51. The number of nitrogens with zero attached hydrogens (tertiary/aromatic N) is 8. The van der Waals surface area contributed by atoms with Crippen molar-refractivity contribution in [1.82, 2.24) is 29.9 Å². The molecule has 0 N–H and O–H groups in total. The zero-order valence-corrected chi connectivity index (χ0v) is 16.8. The summed E-state index contributed by atoms with van der Waals surface area (Å²) in [5.41, 5.74) is 1.98. The molecule has 9 nitrogen and oxygen atoms in total. The summed E-state index contributed by atoms with van der Waals surface area (Å²) in [6.07, 6.45) is 1.52. The second-order valence-electron chi connectivity index (χ2n) is 7.64. The number of rotatable bonds is 4. The predicted molar refractivity (Wildman–Crippen MR) is 110 cm³/mol. The molecule has 10 heteroatoms. The lowest BCUT2D eigenvalue weighted by atomic mass is 9.98. The number of amides is 1. The van der Waals surface area contributed by atoms with Gasteiger partial charge in [0.1, 0.15) is 12.1 Å². The summed E-state index contributed by atoms with van der Waals surface area (Å²) in [5, 5.41) is 8.32. The number of carbonyl (C=O) groups is 1. The van der Waals surface area contributed by atoms with E-state index in [0.717, 1.165) is 5.82 Å². The summed E-state index contributed by atoms with van der Waals surface area (Å²) in [6.45, 7) is 6.37. The molecule has 0 aliphatic carbocycles. The second-order valence-corrected chi connectivity index (χ2v) is 7.64. The number of hydrogen-bond donors (Lipinski definition) is 0. The normalized spacial score (nSPS) is 17.5. The Hall–Kier alpha value is -3.30. The number of carbonyl (C=O) groups excluding carboxylic acids is 1. The van der Waals surface area contributed by atoms with E-state index in [9.17, 15) is 9.18 Å². The van der Waals surface area contributed by atoms with E-state index in [4.69, 9.17) is 0 Å². The number of halogens is 1. The first kappa shape index (κ1) is 18.7. The van der Waals surface area contributed by atoms with Gasteiger partial charge in [0.15, 0.2) is 17.0 Å². The lowest BCUT2D eigenvalue weighted by molar-refractivity contribution is -0.136. The standard InChI is InChI=1S/C20H23FN8O/c1-2-29-19-17(24-25-29)18(22-13-23-19)28-11-14(12-28)20(30)27-9-7-26(8-10-27)16-6-4-3-5-15(16)21/h3-6,13-14H,2,7-12H2,1H3. The van der Waals surface area contributed by atoms with Crippen molar-refractivity contribution in [3.8, 4) is 0 Å². The van der Waals surface area contributed by atoms with Gasteiger partial charge in [-0.1, -0.05) is 17.3 Å². The minimum absolute atomic E-state index is 0.0590. The van der Waals surface area contributed by atoms with Crippen molar-refractivity contribution in [3.63, 3.8) is 0 Å². The van der Waals surface area contributed by atoms with Crippen LogP contribution in [0.4, 0.5) is 15.9 Å². The molecule has 30 heavy (non-hydrogen) atoms. The highest BCUT2D eigenvalue weighted by atomic mass is 19.1. The molecule has 1 aromatic carbocycles. The van der Waals surface area contributed by atoms with Gasteiger partial charge >= 0.3 is 0 Å². The van der Waals surface area contributed by atoms with Crippen LogP contribution in [0.3, 0.4) is 0 Å². The van der Waals surface area contributed by atoms with Crippen molar-refractivity contribution in [3.05, 3.63) is 36.4 Å². The minimum atomic E-state index is -0.219. The van der Waals surface area contributed by atoms with Crippen molar-refractivity contribution in [2.75, 3.05) is 49.1 Å². The van der Waals surface area contributed by atoms with E-state index in [1.54, 1.807) is 16.8 Å². The molecule has 3 aromatic rings. The van der Waals surface area contributed by atoms with Crippen LogP contribution >= 0.6 is 0 Å². The lowest BCUT2D eigenvalue weighted by Gasteiger charge is -2.43. The number of benzene rings is 1. The fraction of sp³-hybridized carbons (Fsp3) is 0.450. The molecule has 156 valence electrons. The summed E-state index contributed by atoms with van der Waals surface area (Å²) < 4.78 is 15.7. The zero-order valence-electron chi connectivity index (χ0n) is 16.8. The minimum Gasteiger partial charge on any atom is -0.366 e. The van der Waals surface area contributed by atoms with Gasteiger partial charge in [-0.3, -0.25) is 4.79 Å². The highest BCUT2D eigenvalue weighted by Crippen LogP contribution is 2.29. The van der Waals surface area contributed by atoms with Gasteiger partial charge < -0.3 is 14.7 Å². The summed E-state index contributed by atoms with van der Waals surface area (Å²) in [6, 6.07) is 6.78. The van der Waals surface area contributed by atoms with E-state index < -0.39 is 0 Å². The van der Waals surface area contributed by atoms with Gasteiger partial charge in [0.2, 0.25) is 5.91 Å².